The molecule has 0 spiro atoms. The third-order valence-electron chi connectivity index (χ3n) is 6.15. The molecule has 1 aliphatic rings. The molecule has 0 saturated carbocycles. The van der Waals surface area contributed by atoms with E-state index in [0.29, 0.717) is 26.1 Å². The molecule has 1 fully saturated rings. The lowest BCUT2D eigenvalue weighted by atomic mass is 10.1. The van der Waals surface area contributed by atoms with Crippen molar-refractivity contribution in [2.24, 2.45) is 7.05 Å². The Morgan fingerprint density at radius 2 is 1.92 bits per heavy atom. The lowest BCUT2D eigenvalue weighted by Crippen LogP contribution is -2.21. The summed E-state index contributed by atoms with van der Waals surface area (Å²) < 4.78 is 49.6. The van der Waals surface area contributed by atoms with Gasteiger partial charge in [0, 0.05) is 50.1 Å². The van der Waals surface area contributed by atoms with Crippen molar-refractivity contribution in [1.29, 1.82) is 0 Å². The molecule has 0 aliphatic carbocycles. The SMILES string of the molecule is [C-]#[N+]c1c(-c2ccc(Oc3cc(F)cc(OCc4cncn4C)c3)cc2F)nn(C2CCOCC2)c1N. The van der Waals surface area contributed by atoms with Crippen LogP contribution < -0.4 is 15.2 Å². The maximum atomic E-state index is 15.2. The second kappa shape index (κ2) is 10.3. The molecule has 0 radical (unpaired) electrons. The average Bonchev–Trinajstić information content (AvgIpc) is 3.45. The van der Waals surface area contributed by atoms with Gasteiger partial charge in [0.15, 0.2) is 0 Å². The number of imidazole rings is 1. The molecule has 0 unspecified atom stereocenters. The van der Waals surface area contributed by atoms with Crippen molar-refractivity contribution in [2.45, 2.75) is 25.5 Å². The van der Waals surface area contributed by atoms with Gasteiger partial charge in [0.1, 0.15) is 47.0 Å². The Hall–Kier alpha value is -4.43. The Morgan fingerprint density at radius 3 is 2.62 bits per heavy atom. The molecule has 37 heavy (non-hydrogen) atoms. The molecule has 1 saturated heterocycles. The van der Waals surface area contributed by atoms with Crippen LogP contribution in [0.3, 0.4) is 0 Å². The van der Waals surface area contributed by atoms with Crippen LogP contribution >= 0.6 is 0 Å². The van der Waals surface area contributed by atoms with Gasteiger partial charge >= 0.3 is 0 Å². The predicted molar refractivity (Wildman–Crippen MR) is 131 cm³/mol. The molecular formula is C26H24F2N6O3. The highest BCUT2D eigenvalue weighted by molar-refractivity contribution is 5.83. The number of anilines is 1. The van der Waals surface area contributed by atoms with Crippen molar-refractivity contribution < 1.29 is 23.0 Å². The van der Waals surface area contributed by atoms with E-state index < -0.39 is 11.6 Å². The Morgan fingerprint density at radius 1 is 1.14 bits per heavy atom. The van der Waals surface area contributed by atoms with Crippen molar-refractivity contribution in [3.63, 3.8) is 0 Å². The molecule has 4 aromatic rings. The fourth-order valence-electron chi connectivity index (χ4n) is 4.19. The summed E-state index contributed by atoms with van der Waals surface area (Å²) in [7, 11) is 1.83. The fourth-order valence-corrected chi connectivity index (χ4v) is 4.19. The maximum absolute atomic E-state index is 15.2. The summed E-state index contributed by atoms with van der Waals surface area (Å²) in [6, 6.07) is 8.06. The van der Waals surface area contributed by atoms with Crippen LogP contribution in [0, 0.1) is 18.2 Å². The van der Waals surface area contributed by atoms with Crippen LogP contribution in [0.2, 0.25) is 0 Å². The van der Waals surface area contributed by atoms with E-state index in [4.69, 9.17) is 26.5 Å². The summed E-state index contributed by atoms with van der Waals surface area (Å²) in [4.78, 5) is 7.52. The average molecular weight is 507 g/mol. The number of hydrogen-bond acceptors (Lipinski definition) is 6. The minimum absolute atomic E-state index is 0.0176. The van der Waals surface area contributed by atoms with Gasteiger partial charge < -0.3 is 24.5 Å². The largest absolute Gasteiger partial charge is 0.487 e. The van der Waals surface area contributed by atoms with Gasteiger partial charge in [0.25, 0.3) is 5.69 Å². The van der Waals surface area contributed by atoms with Crippen molar-refractivity contribution >= 4 is 11.5 Å². The number of benzene rings is 2. The number of nitrogens with two attached hydrogens (primary N) is 1. The van der Waals surface area contributed by atoms with E-state index in [-0.39, 0.29) is 52.7 Å². The van der Waals surface area contributed by atoms with Crippen LogP contribution in [0.15, 0.2) is 48.9 Å². The quantitative estimate of drug-likeness (QED) is 0.337. The van der Waals surface area contributed by atoms with Crippen LogP contribution in [0.25, 0.3) is 16.1 Å². The van der Waals surface area contributed by atoms with Crippen LogP contribution in [-0.2, 0) is 18.4 Å². The zero-order valence-corrected chi connectivity index (χ0v) is 20.0. The number of aryl methyl sites for hydroxylation is 1. The molecule has 0 amide bonds. The topological polar surface area (TPSA) is 93.7 Å². The van der Waals surface area contributed by atoms with Crippen LogP contribution in [0.1, 0.15) is 24.6 Å². The molecule has 0 bridgehead atoms. The first-order valence-corrected chi connectivity index (χ1v) is 11.6. The Kier molecular flexibility index (Phi) is 6.74. The standard InChI is InChI=1S/C26H24F2N6O3/c1-30-25-24(32-34(26(25)29)17-5-7-35-8-6-17)22-4-3-19(12-23(22)28)37-21-10-16(27)9-20(11-21)36-14-18-13-31-15-33(18)2/h3-4,9-13,15,17H,5-8,14,29H2,2H3. The van der Waals surface area contributed by atoms with E-state index in [1.165, 1.54) is 30.3 Å². The third kappa shape index (κ3) is 5.10. The second-order valence-electron chi connectivity index (χ2n) is 8.63. The molecular weight excluding hydrogens is 482 g/mol. The van der Waals surface area contributed by atoms with Crippen molar-refractivity contribution in [2.75, 3.05) is 18.9 Å². The molecule has 190 valence electrons. The van der Waals surface area contributed by atoms with Gasteiger partial charge in [-0.15, -0.1) is 0 Å². The minimum atomic E-state index is -0.650. The van der Waals surface area contributed by atoms with Gasteiger partial charge in [-0.3, -0.25) is 4.68 Å². The molecule has 3 heterocycles. The maximum Gasteiger partial charge on any atom is 0.254 e. The summed E-state index contributed by atoms with van der Waals surface area (Å²) in [5.41, 5.74) is 7.40. The Balaban J connectivity index is 1.37. The zero-order valence-electron chi connectivity index (χ0n) is 20.0. The van der Waals surface area contributed by atoms with Gasteiger partial charge in [-0.05, 0) is 25.0 Å². The van der Waals surface area contributed by atoms with Crippen molar-refractivity contribution in [1.82, 2.24) is 19.3 Å². The number of hydrogen-bond donors (Lipinski definition) is 1. The smallest absolute Gasteiger partial charge is 0.254 e. The van der Waals surface area contributed by atoms with E-state index in [0.717, 1.165) is 11.8 Å². The summed E-state index contributed by atoms with van der Waals surface area (Å²) in [6.45, 7) is 8.90. The minimum Gasteiger partial charge on any atom is -0.487 e. The van der Waals surface area contributed by atoms with Crippen LogP contribution in [0.5, 0.6) is 17.2 Å². The summed E-state index contributed by atoms with van der Waals surface area (Å²) in [5, 5.41) is 4.49. The highest BCUT2D eigenvalue weighted by Gasteiger charge is 2.25. The van der Waals surface area contributed by atoms with E-state index >= 15 is 4.39 Å². The van der Waals surface area contributed by atoms with E-state index in [9.17, 15) is 4.39 Å². The van der Waals surface area contributed by atoms with Gasteiger partial charge in [-0.2, -0.15) is 5.10 Å². The highest BCUT2D eigenvalue weighted by atomic mass is 19.1. The number of aromatic nitrogens is 4. The number of rotatable bonds is 7. The zero-order chi connectivity index (χ0) is 25.9. The summed E-state index contributed by atoms with van der Waals surface area (Å²) >= 11 is 0. The molecule has 1 aliphatic heterocycles. The van der Waals surface area contributed by atoms with Crippen molar-refractivity contribution in [3.8, 4) is 28.5 Å². The molecule has 5 rings (SSSR count). The number of nitrogens with zero attached hydrogens (tertiary/aromatic N) is 5. The first kappa shape index (κ1) is 24.3. The van der Waals surface area contributed by atoms with Crippen LogP contribution in [-0.4, -0.2) is 32.5 Å². The first-order chi connectivity index (χ1) is 17.9. The summed E-state index contributed by atoms with van der Waals surface area (Å²) in [6.07, 6.45) is 4.71. The summed E-state index contributed by atoms with van der Waals surface area (Å²) in [5.74, 6) is -0.472. The first-order valence-electron chi connectivity index (χ1n) is 11.6. The lowest BCUT2D eigenvalue weighted by molar-refractivity contribution is 0.0669. The molecule has 11 heteroatoms. The van der Waals surface area contributed by atoms with E-state index in [2.05, 4.69) is 14.9 Å². The molecule has 2 aromatic heterocycles. The van der Waals surface area contributed by atoms with Gasteiger partial charge in [0.05, 0.1) is 30.8 Å². The lowest BCUT2D eigenvalue weighted by Gasteiger charge is -2.23. The van der Waals surface area contributed by atoms with E-state index in [1.807, 2.05) is 7.05 Å². The highest BCUT2D eigenvalue weighted by Crippen LogP contribution is 2.40. The third-order valence-corrected chi connectivity index (χ3v) is 6.15. The monoisotopic (exact) mass is 506 g/mol. The number of halogens is 2. The Bertz CT molecular complexity index is 1470. The molecule has 2 N–H and O–H groups in total. The van der Waals surface area contributed by atoms with E-state index in [1.54, 1.807) is 21.8 Å². The number of ether oxygens (including phenoxy) is 3. The van der Waals surface area contributed by atoms with Gasteiger partial charge in [-0.1, -0.05) is 0 Å². The van der Waals surface area contributed by atoms with Gasteiger partial charge in [0.2, 0.25) is 0 Å². The van der Waals surface area contributed by atoms with Crippen LogP contribution in [0.4, 0.5) is 20.3 Å². The second-order valence-corrected chi connectivity index (χ2v) is 8.63. The Labute approximate surface area is 211 Å². The molecule has 0 atom stereocenters. The number of nitrogen functional groups attached to an aromatic ring is 1. The van der Waals surface area contributed by atoms with Crippen molar-refractivity contribution in [3.05, 3.63) is 77.7 Å². The normalized spacial score (nSPS) is 13.9. The molecule has 2 aromatic carbocycles. The molecule has 9 nitrogen and oxygen atoms in total. The predicted octanol–water partition coefficient (Wildman–Crippen LogP) is 5.42. The fraction of sp³-hybridized carbons (Fsp3) is 0.269. The van der Waals surface area contributed by atoms with Gasteiger partial charge in [-0.25, -0.2) is 18.6 Å².